The lowest BCUT2D eigenvalue weighted by Gasteiger charge is -2.09. The highest BCUT2D eigenvalue weighted by Gasteiger charge is 2.19. The lowest BCUT2D eigenvalue weighted by molar-refractivity contribution is 0.0102. The Morgan fingerprint density at radius 2 is 2.04 bits per heavy atom. The van der Waals surface area contributed by atoms with Gasteiger partial charge in [0, 0.05) is 19.2 Å². The number of hydrogen-bond donors (Lipinski definition) is 1. The number of benzene rings is 1. The molecule has 1 aromatic carbocycles. The molecule has 0 aliphatic heterocycles. The fourth-order valence-corrected chi connectivity index (χ4v) is 2.14. The summed E-state index contributed by atoms with van der Waals surface area (Å²) in [5.41, 5.74) is 1.41. The van der Waals surface area contributed by atoms with E-state index in [1.165, 1.54) is 6.20 Å². The molecule has 1 N–H and O–H groups in total. The van der Waals surface area contributed by atoms with Crippen molar-refractivity contribution in [2.24, 2.45) is 0 Å². The number of halogens is 2. The van der Waals surface area contributed by atoms with Gasteiger partial charge in [0.1, 0.15) is 6.61 Å². The Hall–Kier alpha value is -2.44. The minimum atomic E-state index is -2.63. The summed E-state index contributed by atoms with van der Waals surface area (Å²) in [5, 5.41) is 6.66. The van der Waals surface area contributed by atoms with Crippen LogP contribution in [0, 0.1) is 0 Å². The number of carbonyl (C=O) groups excluding carboxylic acids is 1. The Bertz CT molecular complexity index is 639. The SMILES string of the molecule is CC(F)(F)CCCCn1cc(NC(=O)OCc2ccccc2)cn1. The Labute approximate surface area is 139 Å². The molecule has 1 heterocycles. The highest BCUT2D eigenvalue weighted by atomic mass is 19.3. The summed E-state index contributed by atoms with van der Waals surface area (Å²) in [7, 11) is 0. The van der Waals surface area contributed by atoms with Crippen LogP contribution in [0.5, 0.6) is 0 Å². The van der Waals surface area contributed by atoms with Gasteiger partial charge in [-0.15, -0.1) is 0 Å². The molecule has 2 aromatic rings. The monoisotopic (exact) mass is 337 g/mol. The van der Waals surface area contributed by atoms with Crippen LogP contribution in [0.15, 0.2) is 42.7 Å². The van der Waals surface area contributed by atoms with Crippen molar-refractivity contribution in [3.05, 3.63) is 48.3 Å². The maximum Gasteiger partial charge on any atom is 0.412 e. The number of hydrogen-bond acceptors (Lipinski definition) is 3. The molecule has 24 heavy (non-hydrogen) atoms. The predicted octanol–water partition coefficient (Wildman–Crippen LogP) is 4.46. The highest BCUT2D eigenvalue weighted by Crippen LogP contribution is 2.20. The number of ether oxygens (including phenoxy) is 1. The first-order chi connectivity index (χ1) is 11.4. The van der Waals surface area contributed by atoms with Crippen LogP contribution in [0.3, 0.4) is 0 Å². The molecule has 0 unspecified atom stereocenters. The number of amides is 1. The summed E-state index contributed by atoms with van der Waals surface area (Å²) in [5.74, 6) is -2.63. The summed E-state index contributed by atoms with van der Waals surface area (Å²) < 4.78 is 32.1. The Morgan fingerprint density at radius 3 is 2.75 bits per heavy atom. The molecule has 0 bridgehead atoms. The molecule has 1 aromatic heterocycles. The van der Waals surface area contributed by atoms with Crippen LogP contribution < -0.4 is 5.32 Å². The standard InChI is InChI=1S/C17H21F2N3O2/c1-17(18,19)9-5-6-10-22-12-15(11-20-22)21-16(23)24-13-14-7-3-2-4-8-14/h2-4,7-8,11-12H,5-6,9-10,13H2,1H3,(H,21,23). The second-order valence-electron chi connectivity index (χ2n) is 5.71. The quantitative estimate of drug-likeness (QED) is 0.724. The number of rotatable bonds is 8. The minimum Gasteiger partial charge on any atom is -0.444 e. The fourth-order valence-electron chi connectivity index (χ4n) is 2.14. The molecule has 0 saturated carbocycles. The van der Waals surface area contributed by atoms with Crippen LogP contribution >= 0.6 is 0 Å². The van der Waals surface area contributed by atoms with Crippen LogP contribution in [-0.4, -0.2) is 21.8 Å². The zero-order chi connectivity index (χ0) is 17.4. The number of carbonyl (C=O) groups is 1. The Balaban J connectivity index is 1.70. The van der Waals surface area contributed by atoms with Crippen molar-refractivity contribution in [2.75, 3.05) is 5.32 Å². The predicted molar refractivity (Wildman–Crippen MR) is 86.9 cm³/mol. The van der Waals surface area contributed by atoms with Crippen molar-refractivity contribution >= 4 is 11.8 Å². The molecule has 130 valence electrons. The summed E-state index contributed by atoms with van der Waals surface area (Å²) in [6.45, 7) is 1.63. The minimum absolute atomic E-state index is 0.134. The molecule has 7 heteroatoms. The van der Waals surface area contributed by atoms with Crippen molar-refractivity contribution in [1.29, 1.82) is 0 Å². The van der Waals surface area contributed by atoms with E-state index in [0.717, 1.165) is 12.5 Å². The molecule has 5 nitrogen and oxygen atoms in total. The molecular weight excluding hydrogens is 316 g/mol. The second kappa shape index (κ2) is 8.42. The van der Waals surface area contributed by atoms with Gasteiger partial charge in [-0.3, -0.25) is 10.00 Å². The van der Waals surface area contributed by atoms with Gasteiger partial charge < -0.3 is 4.74 Å². The van der Waals surface area contributed by atoms with E-state index in [0.29, 0.717) is 25.1 Å². The largest absolute Gasteiger partial charge is 0.444 e. The van der Waals surface area contributed by atoms with Gasteiger partial charge in [-0.25, -0.2) is 13.6 Å². The number of anilines is 1. The van der Waals surface area contributed by atoms with Crippen LogP contribution in [0.2, 0.25) is 0 Å². The first-order valence-corrected chi connectivity index (χ1v) is 7.80. The molecule has 2 rings (SSSR count). The number of nitrogens with one attached hydrogen (secondary N) is 1. The third-order valence-electron chi connectivity index (χ3n) is 3.35. The van der Waals surface area contributed by atoms with E-state index in [4.69, 9.17) is 4.74 Å². The van der Waals surface area contributed by atoms with E-state index < -0.39 is 12.0 Å². The van der Waals surface area contributed by atoms with Crippen LogP contribution in [0.25, 0.3) is 0 Å². The summed E-state index contributed by atoms with van der Waals surface area (Å²) in [6, 6.07) is 9.36. The second-order valence-corrected chi connectivity index (χ2v) is 5.71. The molecule has 0 aliphatic rings. The summed E-state index contributed by atoms with van der Waals surface area (Å²) in [4.78, 5) is 11.7. The molecule has 0 aliphatic carbocycles. The van der Waals surface area contributed by atoms with E-state index in [-0.39, 0.29) is 13.0 Å². The first-order valence-electron chi connectivity index (χ1n) is 7.80. The number of aromatic nitrogens is 2. The zero-order valence-corrected chi connectivity index (χ0v) is 13.5. The van der Waals surface area contributed by atoms with Crippen LogP contribution in [0.4, 0.5) is 19.3 Å². The molecule has 0 spiro atoms. The summed E-state index contributed by atoms with van der Waals surface area (Å²) in [6.07, 6.45) is 3.47. The molecular formula is C17H21F2N3O2. The van der Waals surface area contributed by atoms with E-state index in [1.54, 1.807) is 10.9 Å². The van der Waals surface area contributed by atoms with Gasteiger partial charge in [-0.2, -0.15) is 5.10 Å². The molecule has 0 fully saturated rings. The first kappa shape index (κ1) is 17.9. The number of unbranched alkanes of at least 4 members (excludes halogenated alkanes) is 1. The third-order valence-corrected chi connectivity index (χ3v) is 3.35. The number of aryl methyl sites for hydroxylation is 1. The van der Waals surface area contributed by atoms with Gasteiger partial charge in [-0.1, -0.05) is 30.3 Å². The summed E-state index contributed by atoms with van der Waals surface area (Å²) >= 11 is 0. The zero-order valence-electron chi connectivity index (χ0n) is 13.5. The topological polar surface area (TPSA) is 56.2 Å². The number of nitrogens with zero attached hydrogens (tertiary/aromatic N) is 2. The van der Waals surface area contributed by atoms with Crippen LogP contribution in [-0.2, 0) is 17.9 Å². The molecule has 0 atom stereocenters. The molecule has 0 saturated heterocycles. The van der Waals surface area contributed by atoms with E-state index in [9.17, 15) is 13.6 Å². The normalized spacial score (nSPS) is 11.3. The lowest BCUT2D eigenvalue weighted by Crippen LogP contribution is -2.13. The van der Waals surface area contributed by atoms with E-state index >= 15 is 0 Å². The van der Waals surface area contributed by atoms with E-state index in [2.05, 4.69) is 10.4 Å². The van der Waals surface area contributed by atoms with Gasteiger partial charge in [-0.05, 0) is 25.3 Å². The van der Waals surface area contributed by atoms with Gasteiger partial charge in [0.05, 0.1) is 11.9 Å². The Morgan fingerprint density at radius 1 is 1.29 bits per heavy atom. The van der Waals surface area contributed by atoms with Gasteiger partial charge in [0.15, 0.2) is 0 Å². The fraction of sp³-hybridized carbons (Fsp3) is 0.412. The third kappa shape index (κ3) is 6.76. The van der Waals surface area contributed by atoms with Crippen molar-refractivity contribution in [2.45, 2.75) is 45.3 Å². The van der Waals surface area contributed by atoms with E-state index in [1.807, 2.05) is 30.3 Å². The van der Waals surface area contributed by atoms with Crippen LogP contribution in [0.1, 0.15) is 31.7 Å². The highest BCUT2D eigenvalue weighted by molar-refractivity contribution is 5.84. The van der Waals surface area contributed by atoms with Gasteiger partial charge in [0.25, 0.3) is 0 Å². The molecule has 1 amide bonds. The van der Waals surface area contributed by atoms with Crippen molar-refractivity contribution < 1.29 is 18.3 Å². The molecule has 0 radical (unpaired) electrons. The van der Waals surface area contributed by atoms with Crippen molar-refractivity contribution in [3.8, 4) is 0 Å². The van der Waals surface area contributed by atoms with Gasteiger partial charge >= 0.3 is 6.09 Å². The number of alkyl halides is 2. The average molecular weight is 337 g/mol. The van der Waals surface area contributed by atoms with Crippen molar-refractivity contribution in [1.82, 2.24) is 9.78 Å². The maximum atomic E-state index is 12.7. The van der Waals surface area contributed by atoms with Crippen molar-refractivity contribution in [3.63, 3.8) is 0 Å². The van der Waals surface area contributed by atoms with Gasteiger partial charge in [0.2, 0.25) is 5.92 Å². The smallest absolute Gasteiger partial charge is 0.412 e. The average Bonchev–Trinajstić information content (AvgIpc) is 2.97. The maximum absolute atomic E-state index is 12.7. The Kier molecular flexibility index (Phi) is 6.28. The lowest BCUT2D eigenvalue weighted by atomic mass is 10.1.